The van der Waals surface area contributed by atoms with Crippen LogP contribution in [0.4, 0.5) is 5.69 Å². The summed E-state index contributed by atoms with van der Waals surface area (Å²) in [6, 6.07) is 8.07. The number of hydrogen-bond acceptors (Lipinski definition) is 3. The fourth-order valence-corrected chi connectivity index (χ4v) is 2.33. The molecule has 1 N–H and O–H groups in total. The lowest BCUT2D eigenvalue weighted by atomic mass is 10.1. The van der Waals surface area contributed by atoms with Crippen molar-refractivity contribution in [2.24, 2.45) is 0 Å². The van der Waals surface area contributed by atoms with E-state index in [-0.39, 0.29) is 11.8 Å². The fourth-order valence-electron chi connectivity index (χ4n) is 2.33. The predicted octanol–water partition coefficient (Wildman–Crippen LogP) is 2.62. The Morgan fingerprint density at radius 2 is 1.80 bits per heavy atom. The lowest BCUT2D eigenvalue weighted by Gasteiger charge is -2.19. The number of nitrogens with one attached hydrogen (secondary N) is 1. The molecule has 0 unspecified atom stereocenters. The van der Waals surface area contributed by atoms with Crippen molar-refractivity contribution in [3.05, 3.63) is 29.8 Å². The molecule has 0 atom stereocenters. The van der Waals surface area contributed by atoms with E-state index in [2.05, 4.69) is 19.2 Å². The predicted molar refractivity (Wildman–Crippen MR) is 79.4 cm³/mol. The molecule has 1 heterocycles. The van der Waals surface area contributed by atoms with E-state index in [4.69, 9.17) is 0 Å². The Bertz CT molecular complexity index is 479. The van der Waals surface area contributed by atoms with E-state index >= 15 is 0 Å². The third kappa shape index (κ3) is 3.67. The largest absolute Gasteiger partial charge is 0.310 e. The van der Waals surface area contributed by atoms with E-state index in [0.717, 1.165) is 24.9 Å². The van der Waals surface area contributed by atoms with E-state index < -0.39 is 0 Å². The lowest BCUT2D eigenvalue weighted by molar-refractivity contribution is -0.125. The minimum absolute atomic E-state index is 0.0820. The second-order valence-electron chi connectivity index (χ2n) is 5.54. The highest BCUT2D eigenvalue weighted by Crippen LogP contribution is 2.22. The number of nitrogens with zero attached hydrogens (tertiary/aromatic N) is 1. The van der Waals surface area contributed by atoms with Gasteiger partial charge in [0.2, 0.25) is 11.8 Å². The molecule has 2 rings (SSSR count). The quantitative estimate of drug-likeness (QED) is 0.859. The van der Waals surface area contributed by atoms with Crippen LogP contribution in [0.1, 0.15) is 45.1 Å². The van der Waals surface area contributed by atoms with E-state index in [1.165, 1.54) is 4.90 Å². The molecule has 0 spiro atoms. The first-order valence-electron chi connectivity index (χ1n) is 7.26. The molecule has 2 amide bonds. The van der Waals surface area contributed by atoms with Crippen LogP contribution in [0.25, 0.3) is 0 Å². The van der Waals surface area contributed by atoms with Crippen LogP contribution in [0.2, 0.25) is 0 Å². The van der Waals surface area contributed by atoms with Gasteiger partial charge < -0.3 is 5.32 Å². The third-order valence-electron chi connectivity index (χ3n) is 3.41. The van der Waals surface area contributed by atoms with Gasteiger partial charge in [0.05, 0.1) is 5.69 Å². The SMILES string of the molecule is CC(C)NCc1cccc(N2C(=O)CCCCC2=O)c1. The second kappa shape index (κ2) is 6.66. The topological polar surface area (TPSA) is 49.4 Å². The maximum absolute atomic E-state index is 12.1. The average molecular weight is 274 g/mol. The first-order chi connectivity index (χ1) is 9.58. The maximum atomic E-state index is 12.1. The summed E-state index contributed by atoms with van der Waals surface area (Å²) >= 11 is 0. The molecule has 0 bridgehead atoms. The highest BCUT2D eigenvalue weighted by molar-refractivity contribution is 6.15. The van der Waals surface area contributed by atoms with E-state index in [0.29, 0.717) is 24.6 Å². The molecule has 0 aliphatic carbocycles. The van der Waals surface area contributed by atoms with Crippen LogP contribution in [0.5, 0.6) is 0 Å². The van der Waals surface area contributed by atoms with Crippen molar-refractivity contribution in [3.8, 4) is 0 Å². The number of hydrogen-bond donors (Lipinski definition) is 1. The first-order valence-corrected chi connectivity index (χ1v) is 7.26. The van der Waals surface area contributed by atoms with Crippen molar-refractivity contribution >= 4 is 17.5 Å². The van der Waals surface area contributed by atoms with Gasteiger partial charge in [0.15, 0.2) is 0 Å². The minimum Gasteiger partial charge on any atom is -0.310 e. The van der Waals surface area contributed by atoms with Gasteiger partial charge in [-0.1, -0.05) is 26.0 Å². The fraction of sp³-hybridized carbons (Fsp3) is 0.500. The summed E-state index contributed by atoms with van der Waals surface area (Å²) in [7, 11) is 0. The Morgan fingerprint density at radius 1 is 1.15 bits per heavy atom. The highest BCUT2D eigenvalue weighted by atomic mass is 16.2. The highest BCUT2D eigenvalue weighted by Gasteiger charge is 2.25. The Kier molecular flexibility index (Phi) is 4.90. The molecular weight excluding hydrogens is 252 g/mol. The van der Waals surface area contributed by atoms with Crippen LogP contribution in [0, 0.1) is 0 Å². The Hall–Kier alpha value is -1.68. The van der Waals surface area contributed by atoms with Gasteiger partial charge in [0.1, 0.15) is 0 Å². The van der Waals surface area contributed by atoms with Crippen LogP contribution in [0.3, 0.4) is 0 Å². The van der Waals surface area contributed by atoms with Crippen molar-refractivity contribution in [1.29, 1.82) is 0 Å². The number of amides is 2. The van der Waals surface area contributed by atoms with E-state index in [9.17, 15) is 9.59 Å². The molecule has 0 aromatic heterocycles. The molecule has 4 heteroatoms. The van der Waals surface area contributed by atoms with Gasteiger partial charge >= 0.3 is 0 Å². The number of rotatable bonds is 4. The summed E-state index contributed by atoms with van der Waals surface area (Å²) in [5.41, 5.74) is 1.78. The van der Waals surface area contributed by atoms with Crippen LogP contribution in [0.15, 0.2) is 24.3 Å². The summed E-state index contributed by atoms with van der Waals surface area (Å²) in [5, 5.41) is 3.34. The van der Waals surface area contributed by atoms with Gasteiger partial charge in [0, 0.05) is 25.4 Å². The van der Waals surface area contributed by atoms with E-state index in [1.54, 1.807) is 0 Å². The third-order valence-corrected chi connectivity index (χ3v) is 3.41. The summed E-state index contributed by atoms with van der Waals surface area (Å²) in [5.74, 6) is -0.164. The van der Waals surface area contributed by atoms with Gasteiger partial charge in [0.25, 0.3) is 0 Å². The molecule has 1 aliphatic rings. The molecule has 1 fully saturated rings. The molecule has 1 saturated heterocycles. The number of anilines is 1. The van der Waals surface area contributed by atoms with Gasteiger partial charge in [-0.15, -0.1) is 0 Å². The maximum Gasteiger partial charge on any atom is 0.233 e. The van der Waals surface area contributed by atoms with Gasteiger partial charge in [-0.25, -0.2) is 0 Å². The zero-order valence-electron chi connectivity index (χ0n) is 12.2. The molecule has 0 radical (unpaired) electrons. The van der Waals surface area contributed by atoms with E-state index in [1.807, 2.05) is 24.3 Å². The number of carbonyl (C=O) groups is 2. The average Bonchev–Trinajstić information content (AvgIpc) is 2.58. The normalized spacial score (nSPS) is 16.6. The molecule has 4 nitrogen and oxygen atoms in total. The second-order valence-corrected chi connectivity index (χ2v) is 5.54. The van der Waals surface area contributed by atoms with Gasteiger partial charge in [-0.05, 0) is 30.5 Å². The smallest absolute Gasteiger partial charge is 0.233 e. The monoisotopic (exact) mass is 274 g/mol. The van der Waals surface area contributed by atoms with Crippen molar-refractivity contribution in [1.82, 2.24) is 5.32 Å². The Morgan fingerprint density at radius 3 is 2.40 bits per heavy atom. The molecular formula is C16H22N2O2. The van der Waals surface area contributed by atoms with Crippen LogP contribution in [-0.2, 0) is 16.1 Å². The van der Waals surface area contributed by atoms with Crippen LogP contribution >= 0.6 is 0 Å². The summed E-state index contributed by atoms with van der Waals surface area (Å²) < 4.78 is 0. The summed E-state index contributed by atoms with van der Waals surface area (Å²) in [6.45, 7) is 4.92. The van der Waals surface area contributed by atoms with Gasteiger partial charge in [-0.3, -0.25) is 14.5 Å². The zero-order valence-corrected chi connectivity index (χ0v) is 12.2. The lowest BCUT2D eigenvalue weighted by Crippen LogP contribution is -2.35. The van der Waals surface area contributed by atoms with Crippen molar-refractivity contribution in [2.75, 3.05) is 4.90 Å². The molecule has 1 aliphatic heterocycles. The molecule has 1 aromatic carbocycles. The number of carbonyl (C=O) groups excluding carboxylic acids is 2. The van der Waals surface area contributed by atoms with Crippen LogP contribution in [-0.4, -0.2) is 17.9 Å². The van der Waals surface area contributed by atoms with Crippen molar-refractivity contribution in [2.45, 2.75) is 52.1 Å². The molecule has 108 valence electrons. The minimum atomic E-state index is -0.0820. The van der Waals surface area contributed by atoms with Gasteiger partial charge in [-0.2, -0.15) is 0 Å². The molecule has 20 heavy (non-hydrogen) atoms. The summed E-state index contributed by atoms with van der Waals surface area (Å²) in [4.78, 5) is 25.5. The zero-order chi connectivity index (χ0) is 14.5. The van der Waals surface area contributed by atoms with Crippen LogP contribution < -0.4 is 10.2 Å². The van der Waals surface area contributed by atoms with Crippen molar-refractivity contribution in [3.63, 3.8) is 0 Å². The number of imide groups is 1. The molecule has 1 aromatic rings. The number of benzene rings is 1. The standard InChI is InChI=1S/C16H22N2O2/c1-12(2)17-11-13-6-5-7-14(10-13)18-15(19)8-3-4-9-16(18)20/h5-7,10,12,17H,3-4,8-9,11H2,1-2H3. The Labute approximate surface area is 120 Å². The van der Waals surface area contributed by atoms with Crippen molar-refractivity contribution < 1.29 is 9.59 Å². The molecule has 0 saturated carbocycles. The summed E-state index contributed by atoms with van der Waals surface area (Å²) in [6.07, 6.45) is 2.52. The Balaban J connectivity index is 2.20. The first kappa shape index (κ1) is 14.7.